The average Bonchev–Trinajstić information content (AvgIpc) is 2.67. The van der Waals surface area contributed by atoms with Crippen LogP contribution in [0.4, 0.5) is 0 Å². The number of rotatable bonds is 17. The lowest BCUT2D eigenvalue weighted by atomic mass is 10.1. The molecule has 0 fully saturated rings. The van der Waals surface area contributed by atoms with Gasteiger partial charge in [-0.05, 0) is 12.8 Å². The Morgan fingerprint density at radius 3 is 1.78 bits per heavy atom. The van der Waals surface area contributed by atoms with Gasteiger partial charge in [-0.25, -0.2) is 0 Å². The van der Waals surface area contributed by atoms with Crippen LogP contribution in [-0.4, -0.2) is 25.2 Å². The Hall–Kier alpha value is -1.50. The van der Waals surface area contributed by atoms with Gasteiger partial charge in [-0.3, -0.25) is 9.59 Å². The predicted molar refractivity (Wildman–Crippen MR) is 110 cm³/mol. The molecule has 0 amide bonds. The summed E-state index contributed by atoms with van der Waals surface area (Å²) in [5.74, 6) is 5.19. The van der Waals surface area contributed by atoms with Crippen LogP contribution in [0.15, 0.2) is 0 Å². The molecule has 0 saturated heterocycles. The first-order chi connectivity index (χ1) is 13.2. The zero-order valence-electron chi connectivity index (χ0n) is 17.7. The molecule has 0 aliphatic rings. The van der Waals surface area contributed by atoms with E-state index < -0.39 is 0 Å². The molecular formula is C23H40O4. The summed E-state index contributed by atoms with van der Waals surface area (Å²) in [5.41, 5.74) is 0. The number of unbranched alkanes of at least 4 members (excludes halogenated alkanes) is 11. The molecule has 0 bridgehead atoms. The highest BCUT2D eigenvalue weighted by Crippen LogP contribution is 2.09. The molecule has 0 spiro atoms. The third kappa shape index (κ3) is 20.7. The lowest BCUT2D eigenvalue weighted by Crippen LogP contribution is -2.11. The van der Waals surface area contributed by atoms with Crippen molar-refractivity contribution < 1.29 is 19.1 Å². The van der Waals surface area contributed by atoms with Crippen molar-refractivity contribution in [2.75, 3.05) is 13.2 Å². The molecule has 0 aromatic rings. The molecule has 0 N–H and O–H groups in total. The Morgan fingerprint density at radius 2 is 1.15 bits per heavy atom. The number of hydrogen-bond donors (Lipinski definition) is 0. The van der Waals surface area contributed by atoms with Crippen LogP contribution >= 0.6 is 0 Å². The zero-order valence-corrected chi connectivity index (χ0v) is 17.7. The third-order valence-electron chi connectivity index (χ3n) is 4.38. The summed E-state index contributed by atoms with van der Waals surface area (Å²) in [4.78, 5) is 23.0. The van der Waals surface area contributed by atoms with E-state index in [1.54, 1.807) is 0 Å². The lowest BCUT2D eigenvalue weighted by molar-refractivity contribution is -0.149. The van der Waals surface area contributed by atoms with Gasteiger partial charge in [0.05, 0.1) is 19.4 Å². The quantitative estimate of drug-likeness (QED) is 0.177. The van der Waals surface area contributed by atoms with E-state index >= 15 is 0 Å². The van der Waals surface area contributed by atoms with Crippen LogP contribution in [0.3, 0.4) is 0 Å². The van der Waals surface area contributed by atoms with Crippen LogP contribution in [0.5, 0.6) is 0 Å². The molecule has 0 rings (SSSR count). The average molecular weight is 381 g/mol. The maximum Gasteiger partial charge on any atom is 0.307 e. The summed E-state index contributed by atoms with van der Waals surface area (Å²) in [5, 5.41) is 0. The standard InChI is InChI=1S/C23H40O4/c1-3-5-7-9-10-11-12-13-14-15-17-21-27-23(25)19-18-22(24)26-20-16-8-6-4-2/h3-14,16,18-21H2,1-2H3. The Kier molecular flexibility index (Phi) is 19.7. The Balaban J connectivity index is 3.43. The van der Waals surface area contributed by atoms with E-state index in [1.807, 2.05) is 0 Å². The Bertz CT molecular complexity index is 420. The van der Waals surface area contributed by atoms with Crippen LogP contribution in [0.2, 0.25) is 0 Å². The van der Waals surface area contributed by atoms with Crippen molar-refractivity contribution in [3.8, 4) is 11.8 Å². The van der Waals surface area contributed by atoms with Gasteiger partial charge < -0.3 is 9.47 Å². The molecule has 0 radical (unpaired) electrons. The maximum absolute atomic E-state index is 11.5. The van der Waals surface area contributed by atoms with E-state index in [-0.39, 0.29) is 31.4 Å². The SMILES string of the molecule is CCCCCCCCCCC#CCOC(=O)CCC(=O)OCCCCCC. The number of esters is 2. The summed E-state index contributed by atoms with van der Waals surface area (Å²) in [6.07, 6.45) is 15.6. The van der Waals surface area contributed by atoms with Crippen molar-refractivity contribution >= 4 is 11.9 Å². The zero-order chi connectivity index (χ0) is 20.0. The molecule has 27 heavy (non-hydrogen) atoms. The monoisotopic (exact) mass is 380 g/mol. The molecule has 0 aromatic carbocycles. The van der Waals surface area contributed by atoms with E-state index in [9.17, 15) is 9.59 Å². The Morgan fingerprint density at radius 1 is 0.630 bits per heavy atom. The number of ether oxygens (including phenoxy) is 2. The highest BCUT2D eigenvalue weighted by Gasteiger charge is 2.08. The van der Waals surface area contributed by atoms with Gasteiger partial charge in [-0.1, -0.05) is 89.9 Å². The van der Waals surface area contributed by atoms with Gasteiger partial charge in [-0.2, -0.15) is 0 Å². The summed E-state index contributed by atoms with van der Waals surface area (Å²) >= 11 is 0. The first kappa shape index (κ1) is 25.5. The molecule has 0 unspecified atom stereocenters. The minimum Gasteiger partial charge on any atom is -0.466 e. The van der Waals surface area contributed by atoms with E-state index in [1.165, 1.54) is 44.9 Å². The molecule has 0 atom stereocenters. The first-order valence-corrected chi connectivity index (χ1v) is 11.0. The molecule has 4 heteroatoms. The summed E-state index contributed by atoms with van der Waals surface area (Å²) in [6.45, 7) is 4.93. The van der Waals surface area contributed by atoms with Crippen LogP contribution in [0.1, 0.15) is 110 Å². The number of hydrogen-bond acceptors (Lipinski definition) is 4. The lowest BCUT2D eigenvalue weighted by Gasteiger charge is -2.04. The predicted octanol–water partition coefficient (Wildman–Crippen LogP) is 5.97. The molecule has 0 aliphatic heterocycles. The van der Waals surface area contributed by atoms with Gasteiger partial charge in [0.2, 0.25) is 0 Å². The smallest absolute Gasteiger partial charge is 0.307 e. The highest BCUT2D eigenvalue weighted by atomic mass is 16.5. The molecular weight excluding hydrogens is 340 g/mol. The fraction of sp³-hybridized carbons (Fsp3) is 0.826. The molecule has 0 saturated carbocycles. The summed E-state index contributed by atoms with van der Waals surface area (Å²) in [7, 11) is 0. The van der Waals surface area contributed by atoms with Crippen LogP contribution in [0.25, 0.3) is 0 Å². The van der Waals surface area contributed by atoms with E-state index in [0.717, 1.165) is 38.5 Å². The van der Waals surface area contributed by atoms with Crippen LogP contribution < -0.4 is 0 Å². The Labute approximate surface area is 166 Å². The van der Waals surface area contributed by atoms with Crippen molar-refractivity contribution in [3.63, 3.8) is 0 Å². The molecule has 0 aliphatic carbocycles. The van der Waals surface area contributed by atoms with Crippen molar-refractivity contribution in [1.29, 1.82) is 0 Å². The second kappa shape index (κ2) is 20.8. The fourth-order valence-electron chi connectivity index (χ4n) is 2.67. The van der Waals surface area contributed by atoms with Crippen molar-refractivity contribution in [2.24, 2.45) is 0 Å². The van der Waals surface area contributed by atoms with Crippen molar-refractivity contribution in [1.82, 2.24) is 0 Å². The fourth-order valence-corrected chi connectivity index (χ4v) is 2.67. The summed E-state index contributed by atoms with van der Waals surface area (Å²) in [6, 6.07) is 0. The van der Waals surface area contributed by atoms with Gasteiger partial charge in [0, 0.05) is 6.42 Å². The summed E-state index contributed by atoms with van der Waals surface area (Å²) < 4.78 is 10.1. The highest BCUT2D eigenvalue weighted by molar-refractivity contribution is 5.77. The van der Waals surface area contributed by atoms with Crippen LogP contribution in [-0.2, 0) is 19.1 Å². The van der Waals surface area contributed by atoms with E-state index in [2.05, 4.69) is 25.7 Å². The van der Waals surface area contributed by atoms with Crippen molar-refractivity contribution in [2.45, 2.75) is 110 Å². The number of carbonyl (C=O) groups is 2. The minimum absolute atomic E-state index is 0.0630. The second-order valence-electron chi connectivity index (χ2n) is 7.02. The van der Waals surface area contributed by atoms with E-state index in [4.69, 9.17) is 9.47 Å². The topological polar surface area (TPSA) is 52.6 Å². The van der Waals surface area contributed by atoms with E-state index in [0.29, 0.717) is 6.61 Å². The van der Waals surface area contributed by atoms with Gasteiger partial charge in [-0.15, -0.1) is 0 Å². The van der Waals surface area contributed by atoms with Gasteiger partial charge in [0.25, 0.3) is 0 Å². The van der Waals surface area contributed by atoms with Gasteiger partial charge in [0.1, 0.15) is 0 Å². The second-order valence-corrected chi connectivity index (χ2v) is 7.02. The number of carbonyl (C=O) groups excluding carboxylic acids is 2. The van der Waals surface area contributed by atoms with Crippen LogP contribution in [0, 0.1) is 11.8 Å². The third-order valence-corrected chi connectivity index (χ3v) is 4.38. The van der Waals surface area contributed by atoms with Gasteiger partial charge in [0.15, 0.2) is 6.61 Å². The largest absolute Gasteiger partial charge is 0.466 e. The molecule has 0 aromatic heterocycles. The van der Waals surface area contributed by atoms with Crippen molar-refractivity contribution in [3.05, 3.63) is 0 Å². The molecule has 156 valence electrons. The first-order valence-electron chi connectivity index (χ1n) is 11.0. The molecule has 4 nitrogen and oxygen atoms in total. The normalized spacial score (nSPS) is 10.1. The minimum atomic E-state index is -0.390. The maximum atomic E-state index is 11.5. The molecule has 0 heterocycles. The van der Waals surface area contributed by atoms with Gasteiger partial charge >= 0.3 is 11.9 Å².